The van der Waals surface area contributed by atoms with Gasteiger partial charge in [-0.05, 0) is 24.6 Å². The van der Waals surface area contributed by atoms with Crippen LogP contribution >= 0.6 is 0 Å². The lowest BCUT2D eigenvalue weighted by Gasteiger charge is -2.07. The molecule has 0 aliphatic carbocycles. The van der Waals surface area contributed by atoms with E-state index in [-0.39, 0.29) is 11.5 Å². The Bertz CT molecular complexity index is 496. The topological polar surface area (TPSA) is 46.5 Å². The summed E-state index contributed by atoms with van der Waals surface area (Å²) >= 11 is 0. The van der Waals surface area contributed by atoms with Crippen LogP contribution in [-0.4, -0.2) is 18.0 Å². The molecule has 0 radical (unpaired) electrons. The minimum absolute atomic E-state index is 0.00414. The van der Waals surface area contributed by atoms with Gasteiger partial charge >= 0.3 is 0 Å². The maximum Gasteiger partial charge on any atom is 0.166 e. The van der Waals surface area contributed by atoms with Crippen LogP contribution in [0.3, 0.4) is 0 Å². The van der Waals surface area contributed by atoms with E-state index in [0.717, 1.165) is 12.8 Å². The van der Waals surface area contributed by atoms with Crippen LogP contribution in [0.25, 0.3) is 0 Å². The van der Waals surface area contributed by atoms with Crippen molar-refractivity contribution in [1.82, 2.24) is 0 Å². The molecule has 0 aliphatic heterocycles. The molecule has 0 saturated carbocycles. The number of carbonyl (C=O) groups excluding carboxylic acids is 1. The van der Waals surface area contributed by atoms with E-state index >= 15 is 0 Å². The molecule has 1 rings (SSSR count). The Morgan fingerprint density at radius 1 is 0.846 bits per heavy atom. The van der Waals surface area contributed by atoms with Gasteiger partial charge in [0.2, 0.25) is 0 Å². The van der Waals surface area contributed by atoms with Crippen LogP contribution in [0.5, 0.6) is 11.5 Å². The Morgan fingerprint density at radius 2 is 1.35 bits per heavy atom. The molecule has 0 saturated heterocycles. The lowest BCUT2D eigenvalue weighted by atomic mass is 10.0. The molecule has 0 unspecified atom stereocenters. The Labute approximate surface area is 160 Å². The summed E-state index contributed by atoms with van der Waals surface area (Å²) in [6.45, 7) is 2.26. The molecule has 0 amide bonds. The van der Waals surface area contributed by atoms with Gasteiger partial charge in [-0.2, -0.15) is 0 Å². The predicted molar refractivity (Wildman–Crippen MR) is 109 cm³/mol. The largest absolute Gasteiger partial charge is 0.507 e. The minimum Gasteiger partial charge on any atom is -0.507 e. The first kappa shape index (κ1) is 22.5. The van der Waals surface area contributed by atoms with Crippen LogP contribution in [-0.2, 0) is 0 Å². The molecule has 0 spiro atoms. The molecule has 3 nitrogen and oxygen atoms in total. The number of hydrogen-bond acceptors (Lipinski definition) is 3. The van der Waals surface area contributed by atoms with Gasteiger partial charge in [0.25, 0.3) is 0 Å². The minimum atomic E-state index is 0.00414. The number of ether oxygens (including phenoxy) is 1. The van der Waals surface area contributed by atoms with Crippen LogP contribution in [0.2, 0.25) is 0 Å². The Balaban J connectivity index is 2.00. The molecule has 0 aliphatic rings. The number of rotatable bonds is 16. The van der Waals surface area contributed by atoms with Crippen LogP contribution in [0.1, 0.15) is 107 Å². The fourth-order valence-electron chi connectivity index (χ4n) is 3.30. The highest BCUT2D eigenvalue weighted by Gasteiger charge is 2.12. The summed E-state index contributed by atoms with van der Waals surface area (Å²) < 4.78 is 5.12. The molecule has 0 aromatic heterocycles. The van der Waals surface area contributed by atoms with Gasteiger partial charge in [0.1, 0.15) is 11.5 Å². The number of aromatic hydroxyl groups is 1. The number of phenols is 1. The van der Waals surface area contributed by atoms with Gasteiger partial charge in [-0.15, -0.1) is 0 Å². The number of benzene rings is 1. The third kappa shape index (κ3) is 9.84. The Hall–Kier alpha value is -1.51. The smallest absolute Gasteiger partial charge is 0.166 e. The summed E-state index contributed by atoms with van der Waals surface area (Å²) in [4.78, 5) is 12.2. The highest BCUT2D eigenvalue weighted by molar-refractivity contribution is 5.98. The van der Waals surface area contributed by atoms with E-state index in [9.17, 15) is 9.90 Å². The third-order valence-electron chi connectivity index (χ3n) is 5.01. The molecule has 1 N–H and O–H groups in total. The number of unbranched alkanes of at least 4 members (excludes halogenated alkanes) is 12. The van der Waals surface area contributed by atoms with E-state index in [2.05, 4.69) is 6.92 Å². The summed E-state index contributed by atoms with van der Waals surface area (Å²) in [5.74, 6) is 0.659. The monoisotopic (exact) mass is 362 g/mol. The Kier molecular flexibility index (Phi) is 12.7. The number of phenolic OH excluding ortho intramolecular Hbond substituents is 1. The summed E-state index contributed by atoms with van der Waals surface area (Å²) in [5, 5.41) is 9.83. The van der Waals surface area contributed by atoms with Gasteiger partial charge in [0.15, 0.2) is 5.78 Å². The highest BCUT2D eigenvalue weighted by Crippen LogP contribution is 2.25. The first-order chi connectivity index (χ1) is 12.7. The van der Waals surface area contributed by atoms with Crippen LogP contribution in [0, 0.1) is 0 Å². The third-order valence-corrected chi connectivity index (χ3v) is 5.01. The average molecular weight is 363 g/mol. The van der Waals surface area contributed by atoms with Crippen molar-refractivity contribution in [3.8, 4) is 11.5 Å². The lowest BCUT2D eigenvalue weighted by Crippen LogP contribution is -2.00. The zero-order valence-electron chi connectivity index (χ0n) is 16.9. The van der Waals surface area contributed by atoms with Crippen molar-refractivity contribution in [3.63, 3.8) is 0 Å². The average Bonchev–Trinajstić information content (AvgIpc) is 2.65. The summed E-state index contributed by atoms with van der Waals surface area (Å²) in [7, 11) is 1.56. The summed E-state index contributed by atoms with van der Waals surface area (Å²) in [5.41, 5.74) is 0.378. The van der Waals surface area contributed by atoms with E-state index < -0.39 is 0 Å². The first-order valence-electron chi connectivity index (χ1n) is 10.6. The zero-order chi connectivity index (χ0) is 19.0. The quantitative estimate of drug-likeness (QED) is 0.253. The second kappa shape index (κ2) is 14.6. The highest BCUT2D eigenvalue weighted by atomic mass is 16.5. The molecule has 0 bridgehead atoms. The molecule has 1 aromatic carbocycles. The van der Waals surface area contributed by atoms with Crippen molar-refractivity contribution >= 4 is 5.78 Å². The molecule has 26 heavy (non-hydrogen) atoms. The number of carbonyl (C=O) groups is 1. The maximum absolute atomic E-state index is 12.2. The van der Waals surface area contributed by atoms with Gasteiger partial charge in [-0.1, -0.05) is 84.0 Å². The standard InChI is InChI=1S/C23H38O3/c1-3-4-5-6-7-8-9-10-11-12-13-14-15-16-22(24)21-19-20(26-2)17-18-23(21)25/h17-19,25H,3-16H2,1-2H3. The number of hydrogen-bond donors (Lipinski definition) is 1. The van der Waals surface area contributed by atoms with Crippen LogP contribution < -0.4 is 4.74 Å². The van der Waals surface area contributed by atoms with Crippen molar-refractivity contribution in [3.05, 3.63) is 23.8 Å². The van der Waals surface area contributed by atoms with Crippen molar-refractivity contribution in [2.24, 2.45) is 0 Å². The normalized spacial score (nSPS) is 10.8. The van der Waals surface area contributed by atoms with Crippen LogP contribution in [0.4, 0.5) is 0 Å². The van der Waals surface area contributed by atoms with Crippen molar-refractivity contribution < 1.29 is 14.6 Å². The van der Waals surface area contributed by atoms with E-state index in [0.29, 0.717) is 17.7 Å². The molecule has 0 heterocycles. The fraction of sp³-hybridized carbons (Fsp3) is 0.696. The van der Waals surface area contributed by atoms with Gasteiger partial charge in [0, 0.05) is 6.42 Å². The fourth-order valence-corrected chi connectivity index (χ4v) is 3.30. The second-order valence-corrected chi connectivity index (χ2v) is 7.30. The van der Waals surface area contributed by atoms with E-state index in [1.807, 2.05) is 0 Å². The zero-order valence-corrected chi connectivity index (χ0v) is 16.9. The summed E-state index contributed by atoms with van der Waals surface area (Å²) in [6, 6.07) is 4.81. The van der Waals surface area contributed by atoms with Gasteiger partial charge in [-0.3, -0.25) is 4.79 Å². The van der Waals surface area contributed by atoms with E-state index in [4.69, 9.17) is 4.74 Å². The molecule has 0 atom stereocenters. The Morgan fingerprint density at radius 3 is 1.85 bits per heavy atom. The molecular weight excluding hydrogens is 324 g/mol. The second-order valence-electron chi connectivity index (χ2n) is 7.30. The predicted octanol–water partition coefficient (Wildman–Crippen LogP) is 7.06. The molecule has 148 valence electrons. The van der Waals surface area contributed by atoms with Gasteiger partial charge in [0.05, 0.1) is 12.7 Å². The number of methoxy groups -OCH3 is 1. The molecule has 1 aromatic rings. The lowest BCUT2D eigenvalue weighted by molar-refractivity contribution is 0.0976. The maximum atomic E-state index is 12.2. The number of Topliss-reactive ketones (excluding diaryl/α,β-unsaturated/α-hetero) is 1. The van der Waals surface area contributed by atoms with Crippen LogP contribution in [0.15, 0.2) is 18.2 Å². The van der Waals surface area contributed by atoms with Gasteiger partial charge < -0.3 is 9.84 Å². The summed E-state index contributed by atoms with van der Waals surface area (Å²) in [6.07, 6.45) is 17.3. The molecular formula is C23H38O3. The van der Waals surface area contributed by atoms with Crippen molar-refractivity contribution in [2.45, 2.75) is 96.8 Å². The number of ketones is 1. The first-order valence-corrected chi connectivity index (χ1v) is 10.6. The van der Waals surface area contributed by atoms with Gasteiger partial charge in [-0.25, -0.2) is 0 Å². The van der Waals surface area contributed by atoms with E-state index in [1.165, 1.54) is 76.7 Å². The molecule has 0 fully saturated rings. The molecule has 3 heteroatoms. The van der Waals surface area contributed by atoms with Crippen molar-refractivity contribution in [2.75, 3.05) is 7.11 Å². The van der Waals surface area contributed by atoms with E-state index in [1.54, 1.807) is 19.2 Å². The van der Waals surface area contributed by atoms with Crippen molar-refractivity contribution in [1.29, 1.82) is 0 Å². The SMILES string of the molecule is CCCCCCCCCCCCCCCC(=O)c1cc(OC)ccc1O.